The van der Waals surface area contributed by atoms with E-state index in [4.69, 9.17) is 9.47 Å². The van der Waals surface area contributed by atoms with E-state index >= 15 is 0 Å². The Hall–Kier alpha value is -1.84. The number of methoxy groups -OCH3 is 2. The molecule has 0 unspecified atom stereocenters. The Morgan fingerprint density at radius 1 is 1.06 bits per heavy atom. The van der Waals surface area contributed by atoms with E-state index < -0.39 is 11.9 Å². The molecule has 0 aliphatic rings. The summed E-state index contributed by atoms with van der Waals surface area (Å²) in [4.78, 5) is 23.2. The topological polar surface area (TPSA) is 52.6 Å². The zero-order chi connectivity index (χ0) is 12.8. The second-order valence-electron chi connectivity index (χ2n) is 3.56. The van der Waals surface area contributed by atoms with Crippen LogP contribution >= 0.6 is 0 Å². The molecule has 0 radical (unpaired) electrons. The Morgan fingerprint density at radius 2 is 1.53 bits per heavy atom. The summed E-state index contributed by atoms with van der Waals surface area (Å²) in [7, 11) is 2.64. The Morgan fingerprint density at radius 3 is 1.88 bits per heavy atom. The third-order valence-corrected chi connectivity index (χ3v) is 2.49. The minimum absolute atomic E-state index is 0.428. The highest BCUT2D eigenvalue weighted by Gasteiger charge is 2.18. The Bertz CT molecular complexity index is 389. The quantitative estimate of drug-likeness (QED) is 0.752. The van der Waals surface area contributed by atoms with Crippen LogP contribution < -0.4 is 0 Å². The van der Waals surface area contributed by atoms with E-state index in [0.717, 1.165) is 6.42 Å². The number of rotatable bonds is 4. The third-order valence-electron chi connectivity index (χ3n) is 2.49. The average Bonchev–Trinajstić information content (AvgIpc) is 2.37. The van der Waals surface area contributed by atoms with Crippen molar-refractivity contribution in [1.82, 2.24) is 0 Å². The molecule has 0 saturated carbocycles. The molecule has 0 aliphatic carbocycles. The number of carbonyl (C=O) groups excluding carboxylic acids is 2. The normalized spacial score (nSPS) is 9.82. The Balaban J connectivity index is 3.31. The summed E-state index contributed by atoms with van der Waals surface area (Å²) in [5.74, 6) is -0.863. The van der Waals surface area contributed by atoms with Crippen molar-refractivity contribution in [2.45, 2.75) is 19.8 Å². The second-order valence-corrected chi connectivity index (χ2v) is 3.56. The molecule has 0 N–H and O–H groups in total. The minimum Gasteiger partial charge on any atom is -0.465 e. The van der Waals surface area contributed by atoms with Crippen LogP contribution in [0.25, 0.3) is 0 Å². The summed E-state index contributed by atoms with van der Waals surface area (Å²) < 4.78 is 9.40. The van der Waals surface area contributed by atoms with E-state index in [9.17, 15) is 9.59 Å². The molecular weight excluding hydrogens is 220 g/mol. The Labute approximate surface area is 101 Å². The third kappa shape index (κ3) is 2.84. The zero-order valence-electron chi connectivity index (χ0n) is 10.3. The Kier molecular flexibility index (Phi) is 4.69. The summed E-state index contributed by atoms with van der Waals surface area (Å²) in [5, 5.41) is 0. The van der Waals surface area contributed by atoms with Gasteiger partial charge in [0.25, 0.3) is 0 Å². The summed E-state index contributed by atoms with van der Waals surface area (Å²) in [6.07, 6.45) is 1.47. The second kappa shape index (κ2) is 6.03. The average molecular weight is 236 g/mol. The number of carbonyl (C=O) groups is 2. The van der Waals surface area contributed by atoms with Crippen molar-refractivity contribution >= 4 is 11.9 Å². The van der Waals surface area contributed by atoms with Crippen LogP contribution in [0, 0.1) is 0 Å². The smallest absolute Gasteiger partial charge is 0.338 e. The van der Waals surface area contributed by atoms with E-state index in [-0.39, 0.29) is 0 Å². The molecule has 0 aliphatic heterocycles. The first-order valence-corrected chi connectivity index (χ1v) is 5.44. The zero-order valence-corrected chi connectivity index (χ0v) is 10.3. The first-order valence-electron chi connectivity index (χ1n) is 5.44. The van der Waals surface area contributed by atoms with Gasteiger partial charge < -0.3 is 9.47 Å². The fraction of sp³-hybridized carbons (Fsp3) is 0.385. The van der Waals surface area contributed by atoms with Crippen molar-refractivity contribution in [3.05, 3.63) is 34.9 Å². The summed E-state index contributed by atoms with van der Waals surface area (Å²) in [6, 6.07) is 4.96. The van der Waals surface area contributed by atoms with Gasteiger partial charge in [-0.1, -0.05) is 19.4 Å². The fourth-order valence-electron chi connectivity index (χ4n) is 1.71. The lowest BCUT2D eigenvalue weighted by Gasteiger charge is -2.11. The first kappa shape index (κ1) is 13.2. The predicted octanol–water partition coefficient (Wildman–Crippen LogP) is 2.21. The van der Waals surface area contributed by atoms with Gasteiger partial charge in [-0.05, 0) is 24.1 Å². The van der Waals surface area contributed by atoms with Gasteiger partial charge in [-0.2, -0.15) is 0 Å². The van der Waals surface area contributed by atoms with Gasteiger partial charge in [-0.25, -0.2) is 9.59 Å². The maximum atomic E-state index is 11.6. The lowest BCUT2D eigenvalue weighted by molar-refractivity contribution is 0.0596. The van der Waals surface area contributed by atoms with Gasteiger partial charge in [0.1, 0.15) is 0 Å². The lowest BCUT2D eigenvalue weighted by atomic mass is 9.97. The summed E-state index contributed by atoms with van der Waals surface area (Å²) in [6.45, 7) is 1.98. The molecule has 92 valence electrons. The maximum absolute atomic E-state index is 11.6. The molecule has 0 aromatic heterocycles. The van der Waals surface area contributed by atoms with Gasteiger partial charge in [0.2, 0.25) is 0 Å². The van der Waals surface area contributed by atoms with Crippen LogP contribution in [0.3, 0.4) is 0 Å². The molecule has 4 nitrogen and oxygen atoms in total. The monoisotopic (exact) mass is 236 g/mol. The van der Waals surface area contributed by atoms with E-state index in [1.54, 1.807) is 18.2 Å². The number of hydrogen-bond acceptors (Lipinski definition) is 4. The SMILES string of the molecule is CCCc1c(C(=O)OC)cccc1C(=O)OC. The molecule has 1 rings (SSSR count). The lowest BCUT2D eigenvalue weighted by Crippen LogP contribution is -2.12. The maximum Gasteiger partial charge on any atom is 0.338 e. The van der Waals surface area contributed by atoms with Gasteiger partial charge in [0.15, 0.2) is 0 Å². The molecule has 4 heteroatoms. The largest absolute Gasteiger partial charge is 0.465 e. The van der Waals surface area contributed by atoms with Gasteiger partial charge in [-0.3, -0.25) is 0 Å². The standard InChI is InChI=1S/C13H16O4/c1-4-6-9-10(12(14)16-2)7-5-8-11(9)13(15)17-3/h5,7-8H,4,6H2,1-3H3. The number of hydrogen-bond donors (Lipinski definition) is 0. The highest BCUT2D eigenvalue weighted by molar-refractivity contribution is 5.98. The number of benzene rings is 1. The molecule has 0 bridgehead atoms. The van der Waals surface area contributed by atoms with Gasteiger partial charge in [-0.15, -0.1) is 0 Å². The molecular formula is C13H16O4. The number of ether oxygens (including phenoxy) is 2. The highest BCUT2D eigenvalue weighted by atomic mass is 16.5. The van der Waals surface area contributed by atoms with E-state index in [1.807, 2.05) is 6.92 Å². The van der Waals surface area contributed by atoms with Crippen LogP contribution in [-0.4, -0.2) is 26.2 Å². The van der Waals surface area contributed by atoms with Gasteiger partial charge in [0, 0.05) is 0 Å². The predicted molar refractivity (Wildman–Crippen MR) is 63.1 cm³/mol. The molecule has 0 spiro atoms. The molecule has 0 amide bonds. The van der Waals surface area contributed by atoms with E-state index in [0.29, 0.717) is 23.1 Å². The van der Waals surface area contributed by atoms with Crippen molar-refractivity contribution in [2.75, 3.05) is 14.2 Å². The van der Waals surface area contributed by atoms with Crippen molar-refractivity contribution in [1.29, 1.82) is 0 Å². The van der Waals surface area contributed by atoms with Crippen LogP contribution in [0.4, 0.5) is 0 Å². The first-order chi connectivity index (χ1) is 8.15. The van der Waals surface area contributed by atoms with Crippen LogP contribution in [0.2, 0.25) is 0 Å². The molecule has 17 heavy (non-hydrogen) atoms. The van der Waals surface area contributed by atoms with Crippen molar-refractivity contribution < 1.29 is 19.1 Å². The molecule has 1 aromatic carbocycles. The fourth-order valence-corrected chi connectivity index (χ4v) is 1.71. The van der Waals surface area contributed by atoms with Crippen LogP contribution in [0.5, 0.6) is 0 Å². The van der Waals surface area contributed by atoms with Crippen LogP contribution in [0.1, 0.15) is 39.6 Å². The number of esters is 2. The molecule has 0 heterocycles. The van der Waals surface area contributed by atoms with Crippen molar-refractivity contribution in [2.24, 2.45) is 0 Å². The van der Waals surface area contributed by atoms with Crippen molar-refractivity contribution in [3.63, 3.8) is 0 Å². The van der Waals surface area contributed by atoms with Crippen molar-refractivity contribution in [3.8, 4) is 0 Å². The summed E-state index contributed by atoms with van der Waals surface area (Å²) >= 11 is 0. The molecule has 0 saturated heterocycles. The van der Waals surface area contributed by atoms with Gasteiger partial charge in [0.05, 0.1) is 25.3 Å². The van der Waals surface area contributed by atoms with E-state index in [2.05, 4.69) is 0 Å². The summed E-state index contributed by atoms with van der Waals surface area (Å²) in [5.41, 5.74) is 1.54. The highest BCUT2D eigenvalue weighted by Crippen LogP contribution is 2.19. The van der Waals surface area contributed by atoms with Crippen LogP contribution in [0.15, 0.2) is 18.2 Å². The minimum atomic E-state index is -0.431. The molecule has 1 aromatic rings. The van der Waals surface area contributed by atoms with Gasteiger partial charge >= 0.3 is 11.9 Å². The molecule has 0 atom stereocenters. The van der Waals surface area contributed by atoms with E-state index in [1.165, 1.54) is 14.2 Å². The van der Waals surface area contributed by atoms with Crippen LogP contribution in [-0.2, 0) is 15.9 Å². The molecule has 0 fully saturated rings.